The standard InChI is InChI=1S/C15H23F3N2O/c1-12(2)19-10-13-6-4-5-7-14(13)21-9-8-20(3)11-15(16,17)18/h4-7,12,19H,8-11H2,1-3H3. The van der Waals surface area contributed by atoms with Crippen LogP contribution in [-0.4, -0.2) is 43.9 Å². The van der Waals surface area contributed by atoms with Gasteiger partial charge in [-0.25, -0.2) is 0 Å². The van der Waals surface area contributed by atoms with Crippen LogP contribution in [0.4, 0.5) is 13.2 Å². The molecule has 1 N–H and O–H groups in total. The molecule has 0 fully saturated rings. The van der Waals surface area contributed by atoms with Crippen LogP contribution < -0.4 is 10.1 Å². The van der Waals surface area contributed by atoms with Gasteiger partial charge >= 0.3 is 6.18 Å². The molecule has 0 aliphatic heterocycles. The van der Waals surface area contributed by atoms with Gasteiger partial charge in [-0.2, -0.15) is 13.2 Å². The molecule has 1 aromatic rings. The minimum atomic E-state index is -4.17. The maximum Gasteiger partial charge on any atom is 0.401 e. The van der Waals surface area contributed by atoms with Crippen molar-refractivity contribution in [3.8, 4) is 5.75 Å². The number of nitrogens with zero attached hydrogens (tertiary/aromatic N) is 1. The quantitative estimate of drug-likeness (QED) is 0.799. The topological polar surface area (TPSA) is 24.5 Å². The van der Waals surface area contributed by atoms with Crippen molar-refractivity contribution in [2.75, 3.05) is 26.7 Å². The number of ether oxygens (including phenoxy) is 1. The van der Waals surface area contributed by atoms with Gasteiger partial charge in [0.05, 0.1) is 6.54 Å². The van der Waals surface area contributed by atoms with Gasteiger partial charge in [-0.05, 0) is 13.1 Å². The summed E-state index contributed by atoms with van der Waals surface area (Å²) in [5, 5.41) is 3.29. The Balaban J connectivity index is 2.44. The first kappa shape index (κ1) is 17.8. The number of hydrogen-bond donors (Lipinski definition) is 1. The molecule has 0 aliphatic rings. The lowest BCUT2D eigenvalue weighted by Gasteiger charge is -2.19. The summed E-state index contributed by atoms with van der Waals surface area (Å²) in [6, 6.07) is 7.91. The Labute approximate surface area is 124 Å². The third kappa shape index (κ3) is 7.92. The zero-order chi connectivity index (χ0) is 15.9. The summed E-state index contributed by atoms with van der Waals surface area (Å²) in [4.78, 5) is 1.20. The smallest absolute Gasteiger partial charge is 0.401 e. The lowest BCUT2D eigenvalue weighted by atomic mass is 10.2. The van der Waals surface area contributed by atoms with Crippen LogP contribution in [0.5, 0.6) is 5.75 Å². The summed E-state index contributed by atoms with van der Waals surface area (Å²) in [7, 11) is 1.43. The molecule has 0 saturated heterocycles. The van der Waals surface area contributed by atoms with Crippen LogP contribution in [0.1, 0.15) is 19.4 Å². The van der Waals surface area contributed by atoms with Gasteiger partial charge in [0.15, 0.2) is 0 Å². The summed E-state index contributed by atoms with van der Waals surface area (Å²) in [5.41, 5.74) is 1.00. The molecular weight excluding hydrogens is 281 g/mol. The zero-order valence-electron chi connectivity index (χ0n) is 12.7. The van der Waals surface area contributed by atoms with Crippen molar-refractivity contribution in [2.45, 2.75) is 32.6 Å². The van der Waals surface area contributed by atoms with Gasteiger partial charge in [-0.3, -0.25) is 4.90 Å². The Bertz CT molecular complexity index is 422. The summed E-state index contributed by atoms with van der Waals surface area (Å²) < 4.78 is 42.2. The number of likely N-dealkylation sites (N-methyl/N-ethyl adjacent to an activating group) is 1. The van der Waals surface area contributed by atoms with E-state index in [-0.39, 0.29) is 13.2 Å². The zero-order valence-corrected chi connectivity index (χ0v) is 12.7. The molecule has 3 nitrogen and oxygen atoms in total. The fraction of sp³-hybridized carbons (Fsp3) is 0.600. The highest BCUT2D eigenvalue weighted by atomic mass is 19.4. The van der Waals surface area contributed by atoms with Crippen LogP contribution in [0.15, 0.2) is 24.3 Å². The Morgan fingerprint density at radius 1 is 1.24 bits per heavy atom. The number of rotatable bonds is 8. The van der Waals surface area contributed by atoms with Crippen LogP contribution in [0, 0.1) is 0 Å². The van der Waals surface area contributed by atoms with E-state index in [9.17, 15) is 13.2 Å². The number of halogens is 3. The maximum absolute atomic E-state index is 12.2. The highest BCUT2D eigenvalue weighted by Crippen LogP contribution is 2.18. The molecule has 0 unspecified atom stereocenters. The normalized spacial score (nSPS) is 12.2. The largest absolute Gasteiger partial charge is 0.492 e. The predicted molar refractivity (Wildman–Crippen MR) is 77.5 cm³/mol. The van der Waals surface area contributed by atoms with Crippen LogP contribution in [0.25, 0.3) is 0 Å². The maximum atomic E-state index is 12.2. The van der Waals surface area contributed by atoms with Crippen molar-refractivity contribution in [1.29, 1.82) is 0 Å². The minimum absolute atomic E-state index is 0.227. The van der Waals surface area contributed by atoms with Crippen molar-refractivity contribution in [1.82, 2.24) is 10.2 Å². The lowest BCUT2D eigenvalue weighted by Crippen LogP contribution is -2.34. The molecule has 6 heteroatoms. The van der Waals surface area contributed by atoms with Gasteiger partial charge in [0.25, 0.3) is 0 Å². The van der Waals surface area contributed by atoms with Gasteiger partial charge in [0.2, 0.25) is 0 Å². The summed E-state index contributed by atoms with van der Waals surface area (Å²) in [6.45, 7) is 4.31. The molecule has 1 aromatic carbocycles. The average Bonchev–Trinajstić information content (AvgIpc) is 2.35. The van der Waals surface area contributed by atoms with Crippen molar-refractivity contribution < 1.29 is 17.9 Å². The number of alkyl halides is 3. The van der Waals surface area contributed by atoms with Gasteiger partial charge < -0.3 is 10.1 Å². The van der Waals surface area contributed by atoms with Crippen molar-refractivity contribution in [3.05, 3.63) is 29.8 Å². The number of hydrogen-bond acceptors (Lipinski definition) is 3. The fourth-order valence-corrected chi connectivity index (χ4v) is 1.80. The first-order chi connectivity index (χ1) is 9.78. The van der Waals surface area contributed by atoms with Crippen molar-refractivity contribution in [3.63, 3.8) is 0 Å². The molecule has 0 heterocycles. The highest BCUT2D eigenvalue weighted by Gasteiger charge is 2.28. The molecule has 0 radical (unpaired) electrons. The summed E-state index contributed by atoms with van der Waals surface area (Å²) in [5.74, 6) is 0.714. The second kappa shape index (κ2) is 8.24. The molecule has 0 saturated carbocycles. The van der Waals surface area contributed by atoms with Crippen molar-refractivity contribution in [2.24, 2.45) is 0 Å². The third-order valence-electron chi connectivity index (χ3n) is 2.85. The van der Waals surface area contributed by atoms with Crippen molar-refractivity contribution >= 4 is 0 Å². The molecule has 0 aliphatic carbocycles. The third-order valence-corrected chi connectivity index (χ3v) is 2.85. The highest BCUT2D eigenvalue weighted by molar-refractivity contribution is 5.33. The Morgan fingerprint density at radius 3 is 2.52 bits per heavy atom. The fourth-order valence-electron chi connectivity index (χ4n) is 1.80. The molecule has 120 valence electrons. The first-order valence-electron chi connectivity index (χ1n) is 6.97. The van der Waals surface area contributed by atoms with E-state index < -0.39 is 12.7 Å². The first-order valence-corrected chi connectivity index (χ1v) is 6.97. The predicted octanol–water partition coefficient (Wildman–Crippen LogP) is 3.06. The molecular formula is C15H23F3N2O. The molecule has 0 atom stereocenters. The SMILES string of the molecule is CC(C)NCc1ccccc1OCCN(C)CC(F)(F)F. The number of nitrogens with one attached hydrogen (secondary N) is 1. The van der Waals surface area contributed by atoms with E-state index in [1.54, 1.807) is 0 Å². The molecule has 0 aromatic heterocycles. The van der Waals surface area contributed by atoms with E-state index in [1.807, 2.05) is 24.3 Å². The second-order valence-electron chi connectivity index (χ2n) is 5.34. The van der Waals surface area contributed by atoms with Gasteiger partial charge in [-0.1, -0.05) is 32.0 Å². The molecule has 0 spiro atoms. The Kier molecular flexibility index (Phi) is 6.98. The van der Waals surface area contributed by atoms with E-state index in [0.717, 1.165) is 5.56 Å². The van der Waals surface area contributed by atoms with E-state index in [4.69, 9.17) is 4.74 Å². The van der Waals surface area contributed by atoms with Gasteiger partial charge in [0, 0.05) is 24.7 Å². The van der Waals surface area contributed by atoms with E-state index in [2.05, 4.69) is 19.2 Å². The Hall–Kier alpha value is -1.27. The molecule has 0 bridgehead atoms. The summed E-state index contributed by atoms with van der Waals surface area (Å²) in [6.07, 6.45) is -4.17. The van der Waals surface area contributed by atoms with Crippen LogP contribution in [0.3, 0.4) is 0 Å². The van der Waals surface area contributed by atoms with Gasteiger partial charge in [-0.15, -0.1) is 0 Å². The molecule has 1 rings (SSSR count). The molecule has 0 amide bonds. The van der Waals surface area contributed by atoms with Gasteiger partial charge in [0.1, 0.15) is 12.4 Å². The van der Waals surface area contributed by atoms with E-state index in [0.29, 0.717) is 18.3 Å². The average molecular weight is 304 g/mol. The number of para-hydroxylation sites is 1. The minimum Gasteiger partial charge on any atom is -0.492 e. The lowest BCUT2D eigenvalue weighted by molar-refractivity contribution is -0.143. The van der Waals surface area contributed by atoms with Crippen LogP contribution in [0.2, 0.25) is 0 Å². The van der Waals surface area contributed by atoms with E-state index >= 15 is 0 Å². The Morgan fingerprint density at radius 2 is 1.90 bits per heavy atom. The monoisotopic (exact) mass is 304 g/mol. The number of benzene rings is 1. The molecule has 21 heavy (non-hydrogen) atoms. The second-order valence-corrected chi connectivity index (χ2v) is 5.34. The van der Waals surface area contributed by atoms with Crippen LogP contribution >= 0.6 is 0 Å². The summed E-state index contributed by atoms with van der Waals surface area (Å²) >= 11 is 0. The van der Waals surface area contributed by atoms with E-state index in [1.165, 1.54) is 11.9 Å². The van der Waals surface area contributed by atoms with Crippen LogP contribution in [-0.2, 0) is 6.54 Å².